The van der Waals surface area contributed by atoms with Gasteiger partial charge < -0.3 is 9.41 Å². The van der Waals surface area contributed by atoms with E-state index < -0.39 is 16.6 Å². The first-order chi connectivity index (χ1) is 10.4. The van der Waals surface area contributed by atoms with Crippen molar-refractivity contribution in [2.24, 2.45) is 0 Å². The van der Waals surface area contributed by atoms with Crippen molar-refractivity contribution >= 4 is 56.1 Å². The number of carbonyl (C=O) groups excluding carboxylic acids is 2. The average Bonchev–Trinajstić information content (AvgIpc) is 2.40. The van der Waals surface area contributed by atoms with E-state index in [1.54, 1.807) is 16.7 Å². The maximum atomic E-state index is 12.6. The Hall–Kier alpha value is -0.0962. The van der Waals surface area contributed by atoms with Gasteiger partial charge in [-0.05, 0) is 25.2 Å². The number of carbonyl (C=O) groups is 2. The normalized spacial score (nSPS) is 25.2. The summed E-state index contributed by atoms with van der Waals surface area (Å²) < 4.78 is 5.65. The number of halogens is 1. The number of amides is 1. The van der Waals surface area contributed by atoms with Crippen LogP contribution in [0.2, 0.25) is 39.3 Å². The third kappa shape index (κ3) is 4.30. The Kier molecular flexibility index (Phi) is 5.57. The number of thioether (sulfide) groups is 1. The predicted octanol–water partition coefficient (Wildman–Crippen LogP) is 2.72. The molecule has 2 aliphatic rings. The monoisotopic (exact) mass is 436 g/mol. The van der Waals surface area contributed by atoms with Gasteiger partial charge in [0.05, 0.1) is 0 Å². The molecular weight excluding hydrogens is 412 g/mol. The molecule has 0 aliphatic carbocycles. The van der Waals surface area contributed by atoms with Crippen molar-refractivity contribution in [1.29, 1.82) is 0 Å². The Morgan fingerprint density at radius 1 is 1.35 bits per heavy atom. The van der Waals surface area contributed by atoms with Crippen molar-refractivity contribution in [1.82, 2.24) is 9.88 Å². The molecule has 2 aliphatic heterocycles. The Labute approximate surface area is 152 Å². The Morgan fingerprint density at radius 2 is 1.96 bits per heavy atom. The molecule has 0 aromatic carbocycles. The number of β-lactam (4-membered cyclic amide) rings is 1. The fraction of sp³-hybridized carbons (Fsp3) is 0.714. The molecule has 5 nitrogen and oxygen atoms in total. The summed E-state index contributed by atoms with van der Waals surface area (Å²) >= 11 is 5.16. The zero-order valence-corrected chi connectivity index (χ0v) is 18.9. The zero-order valence-electron chi connectivity index (χ0n) is 14.5. The summed E-state index contributed by atoms with van der Waals surface area (Å²) in [6.45, 7) is 12.5. The maximum Gasteiger partial charge on any atom is 0.341 e. The largest absolute Gasteiger partial charge is 0.515 e. The molecule has 0 bridgehead atoms. The van der Waals surface area contributed by atoms with Gasteiger partial charge >= 0.3 is 5.97 Å². The second-order valence-electron chi connectivity index (χ2n) is 7.87. The highest BCUT2D eigenvalue weighted by molar-refractivity contribution is 9.09. The number of nitrogens with zero attached hydrogens (tertiary/aromatic N) is 1. The molecule has 1 saturated heterocycles. The molecule has 0 radical (unpaired) electrons. The summed E-state index contributed by atoms with van der Waals surface area (Å²) in [6, 6.07) is -0.182. The van der Waals surface area contributed by atoms with E-state index in [0.717, 1.165) is 11.3 Å². The van der Waals surface area contributed by atoms with Crippen molar-refractivity contribution in [3.63, 3.8) is 0 Å². The molecule has 1 amide bonds. The van der Waals surface area contributed by atoms with E-state index >= 15 is 0 Å². The van der Waals surface area contributed by atoms with Crippen molar-refractivity contribution in [2.75, 3.05) is 11.1 Å². The summed E-state index contributed by atoms with van der Waals surface area (Å²) in [4.78, 5) is 30.4. The van der Waals surface area contributed by atoms with E-state index in [2.05, 4.69) is 40.6 Å². The van der Waals surface area contributed by atoms with E-state index in [9.17, 15) is 9.59 Å². The molecule has 130 valence electrons. The molecular formula is C14H25BrN2O3SSi2. The van der Waals surface area contributed by atoms with Gasteiger partial charge in [-0.25, -0.2) is 4.79 Å². The first-order valence-electron chi connectivity index (χ1n) is 7.68. The highest BCUT2D eigenvalue weighted by Crippen LogP contribution is 2.41. The predicted molar refractivity (Wildman–Crippen MR) is 104 cm³/mol. The number of hydrogen-bond donors (Lipinski definition) is 1. The third-order valence-corrected chi connectivity index (χ3v) is 7.38. The van der Waals surface area contributed by atoms with Gasteiger partial charge in [-0.15, -0.1) is 11.8 Å². The molecule has 0 aromatic rings. The summed E-state index contributed by atoms with van der Waals surface area (Å²) in [7, 11) is -3.57. The lowest BCUT2D eigenvalue weighted by Crippen LogP contribution is -2.73. The van der Waals surface area contributed by atoms with Crippen LogP contribution in [0.3, 0.4) is 0 Å². The number of rotatable bonds is 5. The van der Waals surface area contributed by atoms with Crippen molar-refractivity contribution in [3.8, 4) is 0 Å². The third-order valence-electron chi connectivity index (χ3n) is 3.39. The lowest BCUT2D eigenvalue weighted by Gasteiger charge is -2.51. The minimum absolute atomic E-state index is 0.00112. The first kappa shape index (κ1) is 19.2. The van der Waals surface area contributed by atoms with Crippen molar-refractivity contribution < 1.29 is 14.0 Å². The van der Waals surface area contributed by atoms with Crippen LogP contribution in [0.1, 0.15) is 0 Å². The van der Waals surface area contributed by atoms with Crippen molar-refractivity contribution in [2.45, 2.75) is 50.7 Å². The lowest BCUT2D eigenvalue weighted by molar-refractivity contribution is -0.147. The molecule has 1 N–H and O–H groups in total. The van der Waals surface area contributed by atoms with Crippen LogP contribution in [-0.2, 0) is 14.0 Å². The van der Waals surface area contributed by atoms with Gasteiger partial charge in [0.15, 0.2) is 0 Å². The summed E-state index contributed by atoms with van der Waals surface area (Å²) in [5.41, 5.74) is 1.40. The van der Waals surface area contributed by atoms with Crippen LogP contribution in [0.25, 0.3) is 0 Å². The number of hydrogen-bond acceptors (Lipinski definition) is 5. The lowest BCUT2D eigenvalue weighted by atomic mass is 10.0. The van der Waals surface area contributed by atoms with E-state index in [1.807, 2.05) is 19.6 Å². The van der Waals surface area contributed by atoms with Gasteiger partial charge in [0, 0.05) is 11.1 Å². The first-order valence-corrected chi connectivity index (χ1v) is 16.8. The second kappa shape index (κ2) is 6.66. The van der Waals surface area contributed by atoms with Gasteiger partial charge in [-0.2, -0.15) is 0 Å². The van der Waals surface area contributed by atoms with Crippen LogP contribution < -0.4 is 4.98 Å². The highest BCUT2D eigenvalue weighted by atomic mass is 79.9. The van der Waals surface area contributed by atoms with Crippen LogP contribution >= 0.6 is 27.7 Å². The number of nitrogens with one attached hydrogen (secondary N) is 1. The molecule has 2 rings (SSSR count). The van der Waals surface area contributed by atoms with Crippen LogP contribution in [0.4, 0.5) is 0 Å². The molecule has 23 heavy (non-hydrogen) atoms. The van der Waals surface area contributed by atoms with Gasteiger partial charge in [0.25, 0.3) is 0 Å². The number of fused-ring (bicyclic) bond motifs is 1. The van der Waals surface area contributed by atoms with Crippen LogP contribution in [0.15, 0.2) is 11.3 Å². The Morgan fingerprint density at radius 3 is 2.43 bits per heavy atom. The summed E-state index contributed by atoms with van der Waals surface area (Å²) in [5, 5.41) is 0.583. The molecule has 2 atom stereocenters. The molecule has 0 unspecified atom stereocenters. The van der Waals surface area contributed by atoms with E-state index in [-0.39, 0.29) is 23.3 Å². The minimum Gasteiger partial charge on any atom is -0.515 e. The SMILES string of the molecule is C[Si](C)(C)N[C@@H]1C(=O)N2C(C(=O)O[Si](C)(C)C)=C(CBr)CS[C@H]12. The fourth-order valence-electron chi connectivity index (χ4n) is 2.57. The minimum atomic E-state index is -2.00. The van der Waals surface area contributed by atoms with Crippen molar-refractivity contribution in [3.05, 3.63) is 11.3 Å². The highest BCUT2D eigenvalue weighted by Gasteiger charge is 2.54. The van der Waals surface area contributed by atoms with Crippen LogP contribution in [0.5, 0.6) is 0 Å². The average molecular weight is 438 g/mol. The topological polar surface area (TPSA) is 58.6 Å². The fourth-order valence-corrected chi connectivity index (χ4v) is 6.63. The van der Waals surface area contributed by atoms with E-state index in [0.29, 0.717) is 11.0 Å². The Balaban J connectivity index is 2.25. The van der Waals surface area contributed by atoms with E-state index in [1.165, 1.54) is 0 Å². The second-order valence-corrected chi connectivity index (χ2v) is 18.8. The summed E-state index contributed by atoms with van der Waals surface area (Å²) in [5.74, 6) is 0.397. The standard InChI is InChI=1S/C14H25BrN2O3SSi2/c1-22(2,3)16-10-12(18)17-11(14(19)20-23(4,5)6)9(7-15)8-21-13(10)17/h10,13,16H,7-8H2,1-6H3/t10-,13-/m1/s1. The zero-order chi connectivity index (χ0) is 17.6. The Bertz CT molecular complexity index is 557. The van der Waals surface area contributed by atoms with Crippen LogP contribution in [0, 0.1) is 0 Å². The molecule has 0 aromatic heterocycles. The van der Waals surface area contributed by atoms with Gasteiger partial charge in [-0.3, -0.25) is 9.69 Å². The maximum absolute atomic E-state index is 12.6. The molecule has 1 fully saturated rings. The summed E-state index contributed by atoms with van der Waals surface area (Å²) in [6.07, 6.45) is 0. The smallest absolute Gasteiger partial charge is 0.341 e. The molecule has 0 spiro atoms. The van der Waals surface area contributed by atoms with Gasteiger partial charge in [-0.1, -0.05) is 35.6 Å². The number of alkyl halides is 1. The van der Waals surface area contributed by atoms with Crippen LogP contribution in [-0.4, -0.2) is 55.8 Å². The molecule has 2 heterocycles. The van der Waals surface area contributed by atoms with Gasteiger partial charge in [0.1, 0.15) is 25.3 Å². The van der Waals surface area contributed by atoms with Gasteiger partial charge in [0.2, 0.25) is 14.2 Å². The van der Waals surface area contributed by atoms with E-state index in [4.69, 9.17) is 4.43 Å². The quantitative estimate of drug-likeness (QED) is 0.407. The molecule has 0 saturated carbocycles. The molecule has 9 heteroatoms.